The third-order valence-corrected chi connectivity index (χ3v) is 9.87. The summed E-state index contributed by atoms with van der Waals surface area (Å²) in [6.07, 6.45) is 0.987. The fraction of sp³-hybridized carbons (Fsp3) is 0.406. The SMILES string of the molecule is COc1ccccc1-c1c2ccccc2[n+](CCC[Si](OC(C)C)(OC(C)C)OC(C)C)c2ccccc12. The van der Waals surface area contributed by atoms with Crippen molar-refractivity contribution in [2.75, 3.05) is 7.11 Å². The van der Waals surface area contributed by atoms with E-state index in [9.17, 15) is 0 Å². The smallest absolute Gasteiger partial charge is 0.496 e. The summed E-state index contributed by atoms with van der Waals surface area (Å²) in [5, 5.41) is 2.41. The van der Waals surface area contributed by atoms with Gasteiger partial charge in [0, 0.05) is 54.0 Å². The predicted octanol–water partition coefficient (Wildman–Crippen LogP) is 7.56. The molecule has 0 N–H and O–H groups in total. The van der Waals surface area contributed by atoms with Gasteiger partial charge in [-0.2, -0.15) is 4.57 Å². The van der Waals surface area contributed by atoms with Gasteiger partial charge >= 0.3 is 8.80 Å². The van der Waals surface area contributed by atoms with Crippen molar-refractivity contribution in [3.63, 3.8) is 0 Å². The maximum Gasteiger partial charge on any atom is 0.501 e. The molecule has 0 amide bonds. The van der Waals surface area contributed by atoms with Crippen LogP contribution in [-0.4, -0.2) is 34.2 Å². The van der Waals surface area contributed by atoms with Crippen LogP contribution >= 0.6 is 0 Å². The number of hydrogen-bond acceptors (Lipinski definition) is 4. The summed E-state index contributed by atoms with van der Waals surface area (Å²) in [6, 6.07) is 26.3. The molecule has 0 spiro atoms. The van der Waals surface area contributed by atoms with E-state index in [2.05, 4.69) is 107 Å². The first-order chi connectivity index (χ1) is 18.2. The first kappa shape index (κ1) is 28.2. The molecule has 0 saturated heterocycles. The molecule has 0 aliphatic rings. The zero-order chi connectivity index (χ0) is 27.3. The normalized spacial score (nSPS) is 12.4. The average Bonchev–Trinajstić information content (AvgIpc) is 2.87. The second-order valence-electron chi connectivity index (χ2n) is 10.5. The number of para-hydroxylation sites is 3. The van der Waals surface area contributed by atoms with Crippen LogP contribution in [-0.2, 0) is 19.8 Å². The molecule has 1 heterocycles. The second kappa shape index (κ2) is 12.4. The summed E-state index contributed by atoms with van der Waals surface area (Å²) in [5.41, 5.74) is 4.68. The van der Waals surface area contributed by atoms with Gasteiger partial charge in [-0.1, -0.05) is 42.5 Å². The van der Waals surface area contributed by atoms with Crippen molar-refractivity contribution in [2.45, 2.75) is 78.9 Å². The van der Waals surface area contributed by atoms with Gasteiger partial charge in [0.05, 0.1) is 17.9 Å². The van der Waals surface area contributed by atoms with E-state index in [0.717, 1.165) is 30.3 Å². The quantitative estimate of drug-likeness (QED) is 0.107. The molecular weight excluding hydrogens is 490 g/mol. The minimum absolute atomic E-state index is 0.0358. The van der Waals surface area contributed by atoms with E-state index in [-0.39, 0.29) is 18.3 Å². The monoisotopic (exact) mass is 532 g/mol. The molecule has 202 valence electrons. The van der Waals surface area contributed by atoms with E-state index in [0.29, 0.717) is 0 Å². The Balaban J connectivity index is 1.80. The van der Waals surface area contributed by atoms with Gasteiger partial charge in [0.25, 0.3) is 0 Å². The first-order valence-electron chi connectivity index (χ1n) is 13.7. The number of ether oxygens (including phenoxy) is 1. The largest absolute Gasteiger partial charge is 0.501 e. The Kier molecular flexibility index (Phi) is 9.21. The summed E-state index contributed by atoms with van der Waals surface area (Å²) in [7, 11) is -1.14. The first-order valence-corrected chi connectivity index (χ1v) is 15.7. The van der Waals surface area contributed by atoms with Crippen molar-refractivity contribution < 1.29 is 22.6 Å². The average molecular weight is 533 g/mol. The molecule has 3 aromatic carbocycles. The maximum absolute atomic E-state index is 6.45. The molecular formula is C32H42NO4Si+. The lowest BCUT2D eigenvalue weighted by molar-refractivity contribution is -0.645. The van der Waals surface area contributed by atoms with Gasteiger partial charge in [-0.3, -0.25) is 0 Å². The molecule has 0 radical (unpaired) electrons. The van der Waals surface area contributed by atoms with Crippen LogP contribution in [0.1, 0.15) is 48.0 Å². The Labute approximate surface area is 228 Å². The van der Waals surface area contributed by atoms with Gasteiger partial charge in [0.15, 0.2) is 0 Å². The lowest BCUT2D eigenvalue weighted by Crippen LogP contribution is -2.51. The number of benzene rings is 3. The fourth-order valence-electron chi connectivity index (χ4n) is 5.29. The molecule has 1 aromatic heterocycles. The van der Waals surface area contributed by atoms with Gasteiger partial charge < -0.3 is 18.0 Å². The van der Waals surface area contributed by atoms with E-state index in [1.807, 2.05) is 12.1 Å². The minimum atomic E-state index is -2.88. The molecule has 0 saturated carbocycles. The van der Waals surface area contributed by atoms with E-state index >= 15 is 0 Å². The van der Waals surface area contributed by atoms with E-state index < -0.39 is 8.80 Å². The highest BCUT2D eigenvalue weighted by Gasteiger charge is 2.44. The maximum atomic E-state index is 6.45. The minimum Gasteiger partial charge on any atom is -0.496 e. The predicted molar refractivity (Wildman–Crippen MR) is 157 cm³/mol. The van der Waals surface area contributed by atoms with Crippen LogP contribution in [0.2, 0.25) is 6.04 Å². The van der Waals surface area contributed by atoms with Gasteiger partial charge in [-0.05, 0) is 59.7 Å². The number of rotatable bonds is 12. The highest BCUT2D eigenvalue weighted by Crippen LogP contribution is 2.39. The zero-order valence-electron chi connectivity index (χ0n) is 23.9. The van der Waals surface area contributed by atoms with Crippen molar-refractivity contribution in [1.29, 1.82) is 0 Å². The van der Waals surface area contributed by atoms with Crippen molar-refractivity contribution in [2.24, 2.45) is 0 Å². The lowest BCUT2D eigenvalue weighted by atomic mass is 9.95. The van der Waals surface area contributed by atoms with Crippen LogP contribution in [0.4, 0.5) is 0 Å². The van der Waals surface area contributed by atoms with Gasteiger partial charge in [-0.25, -0.2) is 0 Å². The molecule has 38 heavy (non-hydrogen) atoms. The molecule has 0 fully saturated rings. The van der Waals surface area contributed by atoms with Crippen LogP contribution in [0.25, 0.3) is 32.9 Å². The number of pyridine rings is 1. The number of nitrogens with zero attached hydrogens (tertiary/aromatic N) is 1. The van der Waals surface area contributed by atoms with Crippen LogP contribution in [0.5, 0.6) is 5.75 Å². The highest BCUT2D eigenvalue weighted by molar-refractivity contribution is 6.60. The standard InChI is InChI=1S/C32H42NO4Si/c1-23(2)35-38(36-24(3)4,37-25(5)6)22-14-21-33-29-18-11-8-15-26(29)32(27-16-9-12-19-30(27)33)28-17-10-13-20-31(28)34-7/h8-13,15-20,23-25H,14,21-22H2,1-7H3/q+1. The Bertz CT molecular complexity index is 1280. The molecule has 6 heteroatoms. The van der Waals surface area contributed by atoms with Crippen molar-refractivity contribution in [3.05, 3.63) is 72.8 Å². The molecule has 0 aliphatic heterocycles. The van der Waals surface area contributed by atoms with Gasteiger partial charge in [0.1, 0.15) is 12.3 Å². The Hall–Kier alpha value is -2.77. The molecule has 4 aromatic rings. The second-order valence-corrected chi connectivity index (χ2v) is 13.1. The topological polar surface area (TPSA) is 40.8 Å². The van der Waals surface area contributed by atoms with Crippen molar-refractivity contribution >= 4 is 30.6 Å². The number of fused-ring (bicyclic) bond motifs is 2. The molecule has 0 bridgehead atoms. The molecule has 0 aliphatic carbocycles. The fourth-order valence-corrected chi connectivity index (χ4v) is 8.56. The summed E-state index contributed by atoms with van der Waals surface area (Å²) in [5.74, 6) is 0.874. The number of aryl methyl sites for hydroxylation is 1. The van der Waals surface area contributed by atoms with Crippen LogP contribution in [0.15, 0.2) is 72.8 Å². The zero-order valence-corrected chi connectivity index (χ0v) is 24.9. The molecule has 5 nitrogen and oxygen atoms in total. The van der Waals surface area contributed by atoms with Crippen molar-refractivity contribution in [1.82, 2.24) is 0 Å². The van der Waals surface area contributed by atoms with Crippen LogP contribution in [0.3, 0.4) is 0 Å². The van der Waals surface area contributed by atoms with Crippen molar-refractivity contribution in [3.8, 4) is 16.9 Å². The van der Waals surface area contributed by atoms with Gasteiger partial charge in [-0.15, -0.1) is 0 Å². The van der Waals surface area contributed by atoms with Gasteiger partial charge in [0.2, 0.25) is 11.0 Å². The van der Waals surface area contributed by atoms with Crippen LogP contribution < -0.4 is 9.30 Å². The number of aromatic nitrogens is 1. The highest BCUT2D eigenvalue weighted by atomic mass is 28.4. The Morgan fingerprint density at radius 2 is 1.13 bits per heavy atom. The van der Waals surface area contributed by atoms with Crippen LogP contribution in [0, 0.1) is 0 Å². The molecule has 0 unspecified atom stereocenters. The lowest BCUT2D eigenvalue weighted by Gasteiger charge is -2.34. The summed E-state index contributed by atoms with van der Waals surface area (Å²) in [6.45, 7) is 13.2. The third kappa shape index (κ3) is 6.26. The van der Waals surface area contributed by atoms with E-state index in [1.165, 1.54) is 27.4 Å². The van der Waals surface area contributed by atoms with E-state index in [4.69, 9.17) is 18.0 Å². The Morgan fingerprint density at radius 1 is 0.658 bits per heavy atom. The third-order valence-electron chi connectivity index (χ3n) is 6.42. The summed E-state index contributed by atoms with van der Waals surface area (Å²) in [4.78, 5) is 0. The molecule has 4 rings (SSSR count). The number of methoxy groups -OCH3 is 1. The summed E-state index contributed by atoms with van der Waals surface area (Å²) < 4.78 is 27.6. The molecule has 0 atom stereocenters. The van der Waals surface area contributed by atoms with E-state index in [1.54, 1.807) is 7.11 Å². The Morgan fingerprint density at radius 3 is 1.63 bits per heavy atom. The number of hydrogen-bond donors (Lipinski definition) is 0. The summed E-state index contributed by atoms with van der Waals surface area (Å²) >= 11 is 0.